The number of nitrogens with one attached hydrogen (secondary N) is 2. The van der Waals surface area contributed by atoms with E-state index in [0.717, 1.165) is 5.69 Å². The van der Waals surface area contributed by atoms with Gasteiger partial charge in [0.05, 0.1) is 5.69 Å². The third-order valence-corrected chi connectivity index (χ3v) is 1.94. The van der Waals surface area contributed by atoms with Crippen LogP contribution in [-0.4, -0.2) is 11.3 Å². The first-order valence-corrected chi connectivity index (χ1v) is 5.10. The SMILES string of the molecule is CCC(Cl)=NOC(=O)NNc1ccccc1. The van der Waals surface area contributed by atoms with E-state index in [1.165, 1.54) is 0 Å². The lowest BCUT2D eigenvalue weighted by molar-refractivity contribution is 0.153. The summed E-state index contributed by atoms with van der Waals surface area (Å²) < 4.78 is 0. The van der Waals surface area contributed by atoms with Crippen molar-refractivity contribution in [1.82, 2.24) is 5.43 Å². The highest BCUT2D eigenvalue weighted by Gasteiger charge is 2.00. The van der Waals surface area contributed by atoms with Gasteiger partial charge in [-0.2, -0.15) is 0 Å². The molecule has 0 aliphatic rings. The van der Waals surface area contributed by atoms with Crippen LogP contribution >= 0.6 is 11.6 Å². The topological polar surface area (TPSA) is 62.7 Å². The highest BCUT2D eigenvalue weighted by molar-refractivity contribution is 6.65. The van der Waals surface area contributed by atoms with Crippen LogP contribution in [0, 0.1) is 0 Å². The van der Waals surface area contributed by atoms with E-state index in [-0.39, 0.29) is 5.17 Å². The van der Waals surface area contributed by atoms with Crippen molar-refractivity contribution in [2.24, 2.45) is 5.16 Å². The maximum atomic E-state index is 11.1. The number of oxime groups is 1. The van der Waals surface area contributed by atoms with Crippen molar-refractivity contribution in [2.75, 3.05) is 5.43 Å². The summed E-state index contributed by atoms with van der Waals surface area (Å²) in [5, 5.41) is 3.62. The maximum Gasteiger partial charge on any atom is 0.452 e. The third kappa shape index (κ3) is 4.65. The smallest absolute Gasteiger partial charge is 0.296 e. The first-order chi connectivity index (χ1) is 7.72. The molecule has 0 saturated heterocycles. The average molecular weight is 242 g/mol. The molecule has 0 saturated carbocycles. The normalized spacial score (nSPS) is 10.8. The Morgan fingerprint density at radius 2 is 2.12 bits per heavy atom. The lowest BCUT2D eigenvalue weighted by Crippen LogP contribution is -2.28. The molecule has 0 fully saturated rings. The first kappa shape index (κ1) is 12.3. The van der Waals surface area contributed by atoms with Crippen LogP contribution in [0.3, 0.4) is 0 Å². The predicted molar refractivity (Wildman–Crippen MR) is 63.3 cm³/mol. The highest BCUT2D eigenvalue weighted by Crippen LogP contribution is 2.02. The Labute approximate surface area is 98.4 Å². The molecular weight excluding hydrogens is 230 g/mol. The van der Waals surface area contributed by atoms with Crippen LogP contribution in [0.15, 0.2) is 35.5 Å². The van der Waals surface area contributed by atoms with Crippen LogP contribution in [0.1, 0.15) is 13.3 Å². The van der Waals surface area contributed by atoms with E-state index in [0.29, 0.717) is 6.42 Å². The molecule has 1 amide bonds. The van der Waals surface area contributed by atoms with Gasteiger partial charge in [-0.05, 0) is 12.1 Å². The van der Waals surface area contributed by atoms with Gasteiger partial charge in [-0.25, -0.2) is 10.2 Å². The van der Waals surface area contributed by atoms with E-state index < -0.39 is 6.09 Å². The van der Waals surface area contributed by atoms with Gasteiger partial charge in [0.2, 0.25) is 0 Å². The molecule has 0 aliphatic heterocycles. The van der Waals surface area contributed by atoms with E-state index >= 15 is 0 Å². The molecule has 0 spiro atoms. The second-order valence-electron chi connectivity index (χ2n) is 2.82. The number of anilines is 1. The Morgan fingerprint density at radius 3 is 2.75 bits per heavy atom. The Morgan fingerprint density at radius 1 is 1.44 bits per heavy atom. The van der Waals surface area contributed by atoms with E-state index in [9.17, 15) is 4.79 Å². The molecule has 86 valence electrons. The van der Waals surface area contributed by atoms with Crippen molar-refractivity contribution >= 4 is 28.6 Å². The van der Waals surface area contributed by atoms with E-state index in [1.807, 2.05) is 18.2 Å². The molecule has 5 nitrogen and oxygen atoms in total. The van der Waals surface area contributed by atoms with Crippen molar-refractivity contribution in [3.63, 3.8) is 0 Å². The number of halogens is 1. The quantitative estimate of drug-likeness (QED) is 0.484. The number of benzene rings is 1. The van der Waals surface area contributed by atoms with Crippen molar-refractivity contribution in [3.8, 4) is 0 Å². The Kier molecular flexibility index (Phi) is 5.15. The summed E-state index contributed by atoms with van der Waals surface area (Å²) in [6.07, 6.45) is -0.212. The minimum absolute atomic E-state index is 0.231. The molecule has 0 unspecified atom stereocenters. The second kappa shape index (κ2) is 6.68. The molecular formula is C10H12ClN3O2. The fourth-order valence-corrected chi connectivity index (χ4v) is 0.858. The van der Waals surface area contributed by atoms with Crippen LogP contribution in [0.4, 0.5) is 10.5 Å². The number of carbonyl (C=O) groups excluding carboxylic acids is 1. The molecule has 16 heavy (non-hydrogen) atoms. The Bertz CT molecular complexity index is 368. The summed E-state index contributed by atoms with van der Waals surface area (Å²) in [7, 11) is 0. The molecule has 0 aromatic heterocycles. The van der Waals surface area contributed by atoms with Crippen LogP contribution in [0.2, 0.25) is 0 Å². The van der Waals surface area contributed by atoms with Gasteiger partial charge < -0.3 is 0 Å². The molecule has 1 rings (SSSR count). The largest absolute Gasteiger partial charge is 0.452 e. The number of nitrogens with zero attached hydrogens (tertiary/aromatic N) is 1. The minimum Gasteiger partial charge on any atom is -0.296 e. The molecule has 0 bridgehead atoms. The van der Waals surface area contributed by atoms with Crippen LogP contribution in [0.25, 0.3) is 0 Å². The van der Waals surface area contributed by atoms with Crippen LogP contribution < -0.4 is 10.9 Å². The molecule has 0 aliphatic carbocycles. The van der Waals surface area contributed by atoms with Gasteiger partial charge in [0, 0.05) is 6.42 Å². The van der Waals surface area contributed by atoms with Crippen LogP contribution in [0.5, 0.6) is 0 Å². The predicted octanol–water partition coefficient (Wildman–Crippen LogP) is 2.70. The summed E-state index contributed by atoms with van der Waals surface area (Å²) in [6, 6.07) is 9.13. The van der Waals surface area contributed by atoms with Crippen molar-refractivity contribution < 1.29 is 9.63 Å². The molecule has 1 aromatic carbocycles. The van der Waals surface area contributed by atoms with Crippen molar-refractivity contribution in [3.05, 3.63) is 30.3 Å². The standard InChI is InChI=1S/C10H12ClN3O2/c1-2-9(11)14-16-10(15)13-12-8-6-4-3-5-7-8/h3-7,12H,2H2,1H3,(H,13,15). The molecule has 0 radical (unpaired) electrons. The fourth-order valence-electron chi connectivity index (χ4n) is 0.823. The molecule has 0 heterocycles. The Hall–Kier alpha value is -1.75. The van der Waals surface area contributed by atoms with Crippen molar-refractivity contribution in [2.45, 2.75) is 13.3 Å². The molecule has 2 N–H and O–H groups in total. The van der Waals surface area contributed by atoms with Gasteiger partial charge in [0.1, 0.15) is 5.17 Å². The third-order valence-electron chi connectivity index (χ3n) is 1.60. The van der Waals surface area contributed by atoms with Crippen molar-refractivity contribution in [1.29, 1.82) is 0 Å². The number of para-hydroxylation sites is 1. The zero-order valence-electron chi connectivity index (χ0n) is 8.74. The van der Waals surface area contributed by atoms with E-state index in [2.05, 4.69) is 20.8 Å². The van der Waals surface area contributed by atoms with Gasteiger partial charge in [0.15, 0.2) is 0 Å². The molecule has 6 heteroatoms. The number of rotatable bonds is 4. The highest BCUT2D eigenvalue weighted by atomic mass is 35.5. The summed E-state index contributed by atoms with van der Waals surface area (Å²) in [4.78, 5) is 15.5. The van der Waals surface area contributed by atoms with E-state index in [1.54, 1.807) is 19.1 Å². The van der Waals surface area contributed by atoms with Crippen LogP contribution in [-0.2, 0) is 4.84 Å². The zero-order valence-corrected chi connectivity index (χ0v) is 9.49. The van der Waals surface area contributed by atoms with Gasteiger partial charge in [-0.1, -0.05) is 41.9 Å². The second-order valence-corrected chi connectivity index (χ2v) is 3.25. The van der Waals surface area contributed by atoms with Gasteiger partial charge in [-0.15, -0.1) is 0 Å². The van der Waals surface area contributed by atoms with Gasteiger partial charge in [-0.3, -0.25) is 10.3 Å². The average Bonchev–Trinajstić information content (AvgIpc) is 2.34. The Balaban J connectivity index is 2.31. The number of carbonyl (C=O) groups is 1. The summed E-state index contributed by atoms with van der Waals surface area (Å²) in [6.45, 7) is 1.80. The number of amides is 1. The maximum absolute atomic E-state index is 11.1. The zero-order chi connectivity index (χ0) is 11.8. The monoisotopic (exact) mass is 241 g/mol. The number of hydrogen-bond donors (Lipinski definition) is 2. The first-order valence-electron chi connectivity index (χ1n) is 4.72. The van der Waals surface area contributed by atoms with E-state index in [4.69, 9.17) is 11.6 Å². The summed E-state index contributed by atoms with van der Waals surface area (Å²) in [5.41, 5.74) is 5.69. The molecule has 1 aromatic rings. The summed E-state index contributed by atoms with van der Waals surface area (Å²) in [5.74, 6) is 0. The lowest BCUT2D eigenvalue weighted by atomic mass is 10.3. The minimum atomic E-state index is -0.726. The summed E-state index contributed by atoms with van der Waals surface area (Å²) >= 11 is 5.55. The number of hydrogen-bond acceptors (Lipinski definition) is 4. The molecule has 0 atom stereocenters. The van der Waals surface area contributed by atoms with Gasteiger partial charge >= 0.3 is 6.09 Å². The lowest BCUT2D eigenvalue weighted by Gasteiger charge is -2.05. The van der Waals surface area contributed by atoms with Gasteiger partial charge in [0.25, 0.3) is 0 Å². The fraction of sp³-hybridized carbons (Fsp3) is 0.200. The number of hydrazine groups is 1.